The number of carbonyl (C=O) groups excluding carboxylic acids is 1. The molecule has 0 N–H and O–H groups in total. The van der Waals surface area contributed by atoms with Crippen LogP contribution in [0.4, 0.5) is 0 Å². The Hall–Kier alpha value is -3.23. The van der Waals surface area contributed by atoms with Crippen LogP contribution in [0, 0.1) is 13.8 Å². The normalized spacial score (nSPS) is 12.0. The van der Waals surface area contributed by atoms with Crippen molar-refractivity contribution in [3.05, 3.63) is 81.2 Å². The number of fused-ring (bicyclic) bond motifs is 1. The van der Waals surface area contributed by atoms with Gasteiger partial charge in [-0.2, -0.15) is 4.31 Å². The standard InChI is InChI=1S/C25H27NO6S/c1-5-26(6-2)33(29,30)21-10-7-19(8-11-21)9-12-24(27)31-16-20-15-25(28)32-23-14-18(4)17(3)13-22(20)23/h7-15H,5-6,16H2,1-4H3/b12-9+. The number of hydrogen-bond acceptors (Lipinski definition) is 6. The number of benzene rings is 2. The Morgan fingerprint density at radius 1 is 1.03 bits per heavy atom. The van der Waals surface area contributed by atoms with Crippen LogP contribution in [0.3, 0.4) is 0 Å². The van der Waals surface area contributed by atoms with E-state index in [0.717, 1.165) is 16.5 Å². The summed E-state index contributed by atoms with van der Waals surface area (Å²) in [7, 11) is -3.53. The zero-order chi connectivity index (χ0) is 24.2. The largest absolute Gasteiger partial charge is 0.458 e. The molecule has 0 saturated heterocycles. The van der Waals surface area contributed by atoms with Gasteiger partial charge < -0.3 is 9.15 Å². The molecule has 2 aromatic carbocycles. The van der Waals surface area contributed by atoms with Gasteiger partial charge in [-0.15, -0.1) is 0 Å². The Kier molecular flexibility index (Phi) is 7.50. The van der Waals surface area contributed by atoms with Crippen molar-refractivity contribution in [3.8, 4) is 0 Å². The van der Waals surface area contributed by atoms with E-state index in [4.69, 9.17) is 9.15 Å². The third-order valence-corrected chi connectivity index (χ3v) is 7.51. The fourth-order valence-corrected chi connectivity index (χ4v) is 4.89. The highest BCUT2D eigenvalue weighted by molar-refractivity contribution is 7.89. The Bertz CT molecular complexity index is 1350. The Labute approximate surface area is 193 Å². The molecule has 0 aliphatic carbocycles. The zero-order valence-corrected chi connectivity index (χ0v) is 19.9. The van der Waals surface area contributed by atoms with Crippen molar-refractivity contribution in [2.75, 3.05) is 13.1 Å². The Balaban J connectivity index is 1.70. The SMILES string of the molecule is CCN(CC)S(=O)(=O)c1ccc(/C=C/C(=O)OCc2cc(=O)oc3cc(C)c(C)cc23)cc1. The van der Waals surface area contributed by atoms with E-state index in [9.17, 15) is 18.0 Å². The summed E-state index contributed by atoms with van der Waals surface area (Å²) in [4.78, 5) is 24.3. The average molecular weight is 470 g/mol. The molecule has 0 radical (unpaired) electrons. The molecule has 174 valence electrons. The third-order valence-electron chi connectivity index (χ3n) is 5.45. The van der Waals surface area contributed by atoms with E-state index < -0.39 is 21.6 Å². The summed E-state index contributed by atoms with van der Waals surface area (Å²) in [6.45, 7) is 8.17. The van der Waals surface area contributed by atoms with Gasteiger partial charge in [-0.05, 0) is 60.9 Å². The van der Waals surface area contributed by atoms with Crippen LogP contribution >= 0.6 is 0 Å². The summed E-state index contributed by atoms with van der Waals surface area (Å²) in [5.74, 6) is -0.583. The van der Waals surface area contributed by atoms with Crippen molar-refractivity contribution in [2.24, 2.45) is 0 Å². The van der Waals surface area contributed by atoms with Crippen LogP contribution in [0.25, 0.3) is 17.0 Å². The number of rotatable bonds is 8. The molecule has 0 atom stereocenters. The number of sulfonamides is 1. The van der Waals surface area contributed by atoms with Crippen LogP contribution in [-0.4, -0.2) is 31.8 Å². The van der Waals surface area contributed by atoms with Gasteiger partial charge in [-0.1, -0.05) is 26.0 Å². The molecule has 0 bridgehead atoms. The Morgan fingerprint density at radius 3 is 2.30 bits per heavy atom. The quantitative estimate of drug-likeness (QED) is 0.279. The number of esters is 1. The van der Waals surface area contributed by atoms with Gasteiger partial charge in [0, 0.05) is 36.2 Å². The minimum absolute atomic E-state index is 0.0746. The van der Waals surface area contributed by atoms with Gasteiger partial charge in [0.15, 0.2) is 0 Å². The van der Waals surface area contributed by atoms with Gasteiger partial charge in [0.2, 0.25) is 10.0 Å². The van der Waals surface area contributed by atoms with E-state index in [1.807, 2.05) is 19.9 Å². The molecule has 3 rings (SSSR count). The summed E-state index contributed by atoms with van der Waals surface area (Å²) >= 11 is 0. The predicted octanol–water partition coefficient (Wildman–Crippen LogP) is 4.20. The third kappa shape index (κ3) is 5.58. The van der Waals surface area contributed by atoms with Crippen LogP contribution < -0.4 is 5.63 Å². The van der Waals surface area contributed by atoms with E-state index in [-0.39, 0.29) is 11.5 Å². The lowest BCUT2D eigenvalue weighted by Gasteiger charge is -2.18. The van der Waals surface area contributed by atoms with E-state index in [1.54, 1.807) is 38.1 Å². The maximum Gasteiger partial charge on any atom is 0.336 e. The topological polar surface area (TPSA) is 93.9 Å². The highest BCUT2D eigenvalue weighted by Gasteiger charge is 2.21. The number of hydrogen-bond donors (Lipinski definition) is 0. The first-order valence-electron chi connectivity index (χ1n) is 10.6. The zero-order valence-electron chi connectivity index (χ0n) is 19.1. The second-order valence-electron chi connectivity index (χ2n) is 7.62. The molecule has 1 heterocycles. The van der Waals surface area contributed by atoms with Crippen LogP contribution in [0.2, 0.25) is 0 Å². The highest BCUT2D eigenvalue weighted by atomic mass is 32.2. The van der Waals surface area contributed by atoms with E-state index in [0.29, 0.717) is 29.8 Å². The first-order valence-corrected chi connectivity index (χ1v) is 12.1. The maximum atomic E-state index is 12.6. The lowest BCUT2D eigenvalue weighted by Crippen LogP contribution is -2.30. The molecule has 1 aromatic heterocycles. The van der Waals surface area contributed by atoms with Gasteiger partial charge in [-0.25, -0.2) is 18.0 Å². The lowest BCUT2D eigenvalue weighted by atomic mass is 10.0. The minimum atomic E-state index is -3.53. The maximum absolute atomic E-state index is 12.6. The first-order chi connectivity index (χ1) is 15.6. The Morgan fingerprint density at radius 2 is 1.67 bits per heavy atom. The molecular weight excluding hydrogens is 442 g/mol. The fourth-order valence-electron chi connectivity index (χ4n) is 3.43. The summed E-state index contributed by atoms with van der Waals surface area (Å²) in [5.41, 5.74) is 3.20. The van der Waals surface area contributed by atoms with Crippen molar-refractivity contribution in [1.82, 2.24) is 4.31 Å². The smallest absolute Gasteiger partial charge is 0.336 e. The van der Waals surface area contributed by atoms with Crippen LogP contribution in [0.15, 0.2) is 62.6 Å². The summed E-state index contributed by atoms with van der Waals surface area (Å²) in [6, 6.07) is 11.3. The molecule has 7 nitrogen and oxygen atoms in total. The van der Waals surface area contributed by atoms with Crippen molar-refractivity contribution >= 4 is 33.0 Å². The molecule has 0 amide bonds. The molecule has 0 spiro atoms. The molecule has 0 saturated carbocycles. The molecule has 8 heteroatoms. The number of ether oxygens (including phenoxy) is 1. The van der Waals surface area contributed by atoms with Gasteiger partial charge in [0.1, 0.15) is 12.2 Å². The van der Waals surface area contributed by atoms with E-state index >= 15 is 0 Å². The van der Waals surface area contributed by atoms with Crippen molar-refractivity contribution < 1.29 is 22.4 Å². The molecule has 33 heavy (non-hydrogen) atoms. The second kappa shape index (κ2) is 10.1. The predicted molar refractivity (Wildman–Crippen MR) is 127 cm³/mol. The average Bonchev–Trinajstić information content (AvgIpc) is 2.78. The minimum Gasteiger partial charge on any atom is -0.458 e. The number of carbonyl (C=O) groups is 1. The van der Waals surface area contributed by atoms with Gasteiger partial charge >= 0.3 is 11.6 Å². The van der Waals surface area contributed by atoms with Crippen molar-refractivity contribution in [1.29, 1.82) is 0 Å². The van der Waals surface area contributed by atoms with Crippen LogP contribution in [-0.2, 0) is 26.2 Å². The summed E-state index contributed by atoms with van der Waals surface area (Å²) < 4.78 is 37.1. The second-order valence-corrected chi connectivity index (χ2v) is 9.56. The molecule has 0 unspecified atom stereocenters. The molecule has 0 aliphatic rings. The first kappa shape index (κ1) is 24.4. The molecular formula is C25H27NO6S. The van der Waals surface area contributed by atoms with Gasteiger partial charge in [-0.3, -0.25) is 0 Å². The van der Waals surface area contributed by atoms with Crippen molar-refractivity contribution in [3.63, 3.8) is 0 Å². The van der Waals surface area contributed by atoms with Gasteiger partial charge in [0.25, 0.3) is 0 Å². The van der Waals surface area contributed by atoms with Crippen molar-refractivity contribution in [2.45, 2.75) is 39.2 Å². The van der Waals surface area contributed by atoms with Crippen LogP contribution in [0.5, 0.6) is 0 Å². The number of nitrogens with zero attached hydrogens (tertiary/aromatic N) is 1. The fraction of sp³-hybridized carbons (Fsp3) is 0.280. The van der Waals surface area contributed by atoms with Crippen LogP contribution in [0.1, 0.15) is 36.1 Å². The summed E-state index contributed by atoms with van der Waals surface area (Å²) in [6.07, 6.45) is 2.80. The molecule has 0 fully saturated rings. The van der Waals surface area contributed by atoms with Gasteiger partial charge in [0.05, 0.1) is 4.90 Å². The van der Waals surface area contributed by atoms with E-state index in [2.05, 4.69) is 0 Å². The monoisotopic (exact) mass is 469 g/mol. The molecule has 3 aromatic rings. The summed E-state index contributed by atoms with van der Waals surface area (Å²) in [5, 5.41) is 0.722. The van der Waals surface area contributed by atoms with E-state index in [1.165, 1.54) is 28.6 Å². The number of aryl methyl sites for hydroxylation is 2. The highest BCUT2D eigenvalue weighted by Crippen LogP contribution is 2.22. The lowest BCUT2D eigenvalue weighted by molar-refractivity contribution is -0.138. The molecule has 0 aliphatic heterocycles.